The summed E-state index contributed by atoms with van der Waals surface area (Å²) in [6, 6.07) is 16.1. The summed E-state index contributed by atoms with van der Waals surface area (Å²) in [6.07, 6.45) is 1.51. The second-order valence-corrected chi connectivity index (χ2v) is 30.7. The molecule has 2 fully saturated rings. The molecule has 11 atom stereocenters. The molecule has 18 amide bonds. The Morgan fingerprint density at radius 1 is 0.558 bits per heavy atom. The predicted octanol–water partition coefficient (Wildman–Crippen LogP) is 0.193. The van der Waals surface area contributed by atoms with Crippen LogP contribution in [0.25, 0.3) is 10.8 Å². The van der Waals surface area contributed by atoms with Crippen LogP contribution in [0.5, 0.6) is 0 Å². The number of amides is 18. The third-order valence-corrected chi connectivity index (χ3v) is 20.0. The summed E-state index contributed by atoms with van der Waals surface area (Å²) >= 11 is 6.27. The molecule has 3 heterocycles. The monoisotopic (exact) mass is 1670 g/mol. The van der Waals surface area contributed by atoms with Crippen LogP contribution in [0.15, 0.2) is 140 Å². The molecule has 0 unspecified atom stereocenters. The fourth-order valence-corrected chi connectivity index (χ4v) is 13.6. The van der Waals surface area contributed by atoms with E-state index in [1.807, 2.05) is 55.6 Å². The van der Waals surface area contributed by atoms with Crippen molar-refractivity contribution in [3.63, 3.8) is 0 Å². The number of benzene rings is 5. The minimum atomic E-state index is -1.95. The van der Waals surface area contributed by atoms with Crippen LogP contribution in [0.3, 0.4) is 0 Å². The van der Waals surface area contributed by atoms with E-state index in [0.717, 1.165) is 10.8 Å². The summed E-state index contributed by atoms with van der Waals surface area (Å²) < 4.78 is 0. The van der Waals surface area contributed by atoms with Crippen LogP contribution in [0.1, 0.15) is 101 Å². The van der Waals surface area contributed by atoms with E-state index in [9.17, 15) is 53.1 Å². The van der Waals surface area contributed by atoms with Crippen LogP contribution in [-0.4, -0.2) is 220 Å². The standard InChI is InChI=1S/C83H104ClN19O17/c1-45(2)34-59(73(110)98-66(43-102(7)70(107)30-32-88-46(3)4)81(118)103-33-11-15-68(103)80(117)89-47(5)71(85)108)93-75(112)62(37-51-21-28-58(29-22-51)92-82(86)119)95-77(114)63(38-50-19-26-57(27-20-50)91-72(109)65-41-69(106)101-83(120)100-65)97-79(116)67(44-104)99-78(115)64(40-53-12-10-31-87-42-53)96-76(113)61(36-49-17-24-56(84)25-18-49)94-74(111)60(90-48(6)105)39-52-16-23-54-13-8-9-14-55(54)35-52/h8-10,12-14,16-29,31,35,42,45-47,59-68,88,104H,11,15,30,32-34,36-41,43-44H2,1-7H3,(H2,85,108)(H,89,117)(H,90,105)(H,91,109)(H,93,112)(H,94,111)(H,95,114)(H,96,113)(H,97,116)(H,98,110)(H,99,115)(H3,86,92,119)(H2,100,101,106,120)/t47-,59+,60-,61-,62-,63+,64-,65+,66+,67+,68+/m1/s1. The number of hydrogen-bond donors (Lipinski definition) is 17. The Labute approximate surface area is 697 Å². The van der Waals surface area contributed by atoms with Gasteiger partial charge in [-0.05, 0) is 113 Å². The van der Waals surface area contributed by atoms with Gasteiger partial charge in [0.25, 0.3) is 0 Å². The highest BCUT2D eigenvalue weighted by Crippen LogP contribution is 2.23. The van der Waals surface area contributed by atoms with Crippen molar-refractivity contribution in [2.45, 2.75) is 178 Å². The number of primary amides is 2. The van der Waals surface area contributed by atoms with E-state index in [4.69, 9.17) is 23.1 Å². The molecule has 0 spiro atoms. The number of fused-ring (bicyclic) bond motifs is 1. The molecule has 0 aliphatic carbocycles. The average molecular weight is 1680 g/mol. The number of urea groups is 2. The number of halogens is 1. The third kappa shape index (κ3) is 28.7. The van der Waals surface area contributed by atoms with E-state index in [1.165, 1.54) is 91.6 Å². The van der Waals surface area contributed by atoms with Crippen molar-refractivity contribution in [3.05, 3.63) is 173 Å². The Hall–Kier alpha value is -13.0. The number of likely N-dealkylation sites (N-methyl/N-ethyl adjacent to an activating group) is 1. The van der Waals surface area contributed by atoms with Gasteiger partial charge in [-0.3, -0.25) is 77.4 Å². The highest BCUT2D eigenvalue weighted by Gasteiger charge is 2.42. The van der Waals surface area contributed by atoms with E-state index in [-0.39, 0.29) is 93.4 Å². The second kappa shape index (κ2) is 44.6. The maximum Gasteiger partial charge on any atom is 0.322 e. The summed E-state index contributed by atoms with van der Waals surface area (Å²) in [6.45, 7) is 8.58. The molecule has 0 bridgehead atoms. The van der Waals surface area contributed by atoms with Gasteiger partial charge in [0.15, 0.2) is 0 Å². The SMILES string of the molecule is CC(=O)N[C@H](Cc1ccc2ccccc2c1)C(=O)N[C@H](Cc1ccc(Cl)cc1)C(=O)N[C@H](Cc1cccnc1)C(=O)N[C@@H](CO)C(=O)N[C@@H](Cc1ccc(NC(=O)[C@@H]2CC(=O)NC(=O)N2)cc1)C(=O)N[C@H](Cc1ccc(NC(N)=O)cc1)C(=O)N[C@@H](CC(C)C)C(=O)N[C@@H](CN(C)C(=O)CCNC(C)C)C(=O)N1CCC[C@H]1C(=O)N[C@H](C)C(N)=O. The largest absolute Gasteiger partial charge is 0.394 e. The van der Waals surface area contributed by atoms with Crippen molar-refractivity contribution in [2.24, 2.45) is 17.4 Å². The van der Waals surface area contributed by atoms with Gasteiger partial charge in [-0.15, -0.1) is 0 Å². The Kier molecular flexibility index (Phi) is 34.4. The normalized spacial score (nSPS) is 16.0. The van der Waals surface area contributed by atoms with Crippen LogP contribution in [0, 0.1) is 5.92 Å². The summed E-state index contributed by atoms with van der Waals surface area (Å²) in [4.78, 5) is 229. The van der Waals surface area contributed by atoms with E-state index < -0.39 is 181 Å². The van der Waals surface area contributed by atoms with Gasteiger partial charge in [0.2, 0.25) is 82.7 Å². The zero-order valence-corrected chi connectivity index (χ0v) is 68.3. The minimum Gasteiger partial charge on any atom is -0.394 e. The highest BCUT2D eigenvalue weighted by atomic mass is 35.5. The number of carbonyl (C=O) groups excluding carboxylic acids is 16. The summed E-state index contributed by atoms with van der Waals surface area (Å²) in [5, 5.41) is 49.9. The molecule has 8 rings (SSSR count). The Balaban J connectivity index is 1.11. The number of imide groups is 1. The van der Waals surface area contributed by atoms with E-state index >= 15 is 28.8 Å². The number of nitrogens with two attached hydrogens (primary N) is 2. The van der Waals surface area contributed by atoms with Crippen LogP contribution in [0.4, 0.5) is 21.0 Å². The first-order chi connectivity index (χ1) is 57.1. The molecule has 640 valence electrons. The lowest BCUT2D eigenvalue weighted by molar-refractivity contribution is -0.143. The molecular formula is C83H104ClN19O17. The molecule has 6 aromatic rings. The number of aromatic nitrogens is 1. The van der Waals surface area contributed by atoms with Crippen LogP contribution < -0.4 is 85.9 Å². The van der Waals surface area contributed by atoms with Crippen molar-refractivity contribution >= 4 is 129 Å². The number of hydrogen-bond acceptors (Lipinski definition) is 19. The summed E-state index contributed by atoms with van der Waals surface area (Å²) in [5.74, 6) is -12.1. The summed E-state index contributed by atoms with van der Waals surface area (Å²) in [5.41, 5.74) is 13.4. The lowest BCUT2D eigenvalue weighted by atomic mass is 9.99. The topological polar surface area (TPSA) is 533 Å². The fraction of sp³-hybridized carbons (Fsp3) is 0.410. The van der Waals surface area contributed by atoms with Gasteiger partial charge in [-0.25, -0.2) is 9.59 Å². The van der Waals surface area contributed by atoms with Gasteiger partial charge in [-0.1, -0.05) is 124 Å². The van der Waals surface area contributed by atoms with Crippen molar-refractivity contribution < 1.29 is 81.8 Å². The van der Waals surface area contributed by atoms with Gasteiger partial charge in [0, 0.05) is 107 Å². The van der Waals surface area contributed by atoms with Gasteiger partial charge in [0.1, 0.15) is 66.5 Å². The van der Waals surface area contributed by atoms with Crippen molar-refractivity contribution in [3.8, 4) is 0 Å². The van der Waals surface area contributed by atoms with E-state index in [2.05, 4.69) is 74.1 Å². The number of aliphatic hydroxyl groups excluding tert-OH is 1. The predicted molar refractivity (Wildman–Crippen MR) is 443 cm³/mol. The number of anilines is 2. The Morgan fingerprint density at radius 2 is 1.04 bits per heavy atom. The molecule has 1 aromatic heterocycles. The maximum absolute atomic E-state index is 15.5. The molecule has 2 aliphatic rings. The number of rotatable bonds is 41. The molecule has 2 aliphatic heterocycles. The number of likely N-dealkylation sites (tertiary alicyclic amines) is 1. The first-order valence-corrected chi connectivity index (χ1v) is 39.6. The smallest absolute Gasteiger partial charge is 0.322 e. The van der Waals surface area contributed by atoms with E-state index in [1.54, 1.807) is 56.3 Å². The zero-order chi connectivity index (χ0) is 87.4. The van der Waals surface area contributed by atoms with E-state index in [0.29, 0.717) is 33.7 Å². The number of nitrogens with one attached hydrogen (secondary N) is 14. The zero-order valence-electron chi connectivity index (χ0n) is 67.5. The number of aliphatic hydroxyl groups is 1. The average Bonchev–Trinajstić information content (AvgIpc) is 1.62. The molecule has 0 radical (unpaired) electrons. The van der Waals surface area contributed by atoms with Crippen molar-refractivity contribution in [2.75, 3.05) is 43.9 Å². The maximum atomic E-state index is 15.5. The second-order valence-electron chi connectivity index (χ2n) is 30.3. The van der Waals surface area contributed by atoms with Crippen LogP contribution in [-0.2, 0) is 99.2 Å². The van der Waals surface area contributed by atoms with Crippen molar-refractivity contribution in [1.29, 1.82) is 0 Å². The van der Waals surface area contributed by atoms with Crippen molar-refractivity contribution in [1.82, 2.24) is 78.6 Å². The van der Waals surface area contributed by atoms with Crippen LogP contribution in [0.2, 0.25) is 5.02 Å². The third-order valence-electron chi connectivity index (χ3n) is 19.8. The number of nitrogens with zero attached hydrogens (tertiary/aromatic N) is 3. The Bertz CT molecular complexity index is 4680. The molecule has 2 saturated heterocycles. The number of pyridine rings is 1. The molecule has 36 nitrogen and oxygen atoms in total. The molecule has 120 heavy (non-hydrogen) atoms. The van der Waals surface area contributed by atoms with Gasteiger partial charge >= 0.3 is 12.1 Å². The van der Waals surface area contributed by atoms with Gasteiger partial charge in [0.05, 0.1) is 13.0 Å². The Morgan fingerprint density at radius 3 is 1.55 bits per heavy atom. The minimum absolute atomic E-state index is 0.00509. The lowest BCUT2D eigenvalue weighted by Crippen LogP contribution is -2.62. The molecule has 37 heteroatoms. The molecule has 0 saturated carbocycles. The first kappa shape index (κ1) is 92.5. The molecule has 19 N–H and O–H groups in total. The quantitative estimate of drug-likeness (QED) is 0.0244. The highest BCUT2D eigenvalue weighted by molar-refractivity contribution is 6.30. The first-order valence-electron chi connectivity index (χ1n) is 39.2. The summed E-state index contributed by atoms with van der Waals surface area (Å²) in [7, 11) is 1.43. The van der Waals surface area contributed by atoms with Gasteiger partial charge in [-0.2, -0.15) is 0 Å². The van der Waals surface area contributed by atoms with Gasteiger partial charge < -0.3 is 95.5 Å². The lowest BCUT2D eigenvalue weighted by Gasteiger charge is -2.32. The fourth-order valence-electron chi connectivity index (χ4n) is 13.5. The van der Waals surface area contributed by atoms with Crippen LogP contribution >= 0.6 is 11.6 Å². The molecular weight excluding hydrogens is 1570 g/mol. The number of carbonyl (C=O) groups is 16. The molecule has 5 aromatic carbocycles.